The highest BCUT2D eigenvalue weighted by Crippen LogP contribution is 2.30. The van der Waals surface area contributed by atoms with E-state index in [4.69, 9.17) is 5.73 Å². The van der Waals surface area contributed by atoms with Crippen LogP contribution in [-0.2, 0) is 0 Å². The van der Waals surface area contributed by atoms with Gasteiger partial charge in [0.15, 0.2) is 17.5 Å². The normalized spacial score (nSPS) is 25.3. The first-order valence-corrected chi connectivity index (χ1v) is 6.68. The molecule has 1 aromatic carbocycles. The van der Waals surface area contributed by atoms with Gasteiger partial charge < -0.3 is 5.73 Å². The summed E-state index contributed by atoms with van der Waals surface area (Å²) in [6, 6.07) is 1.69. The van der Waals surface area contributed by atoms with Crippen molar-refractivity contribution in [3.05, 3.63) is 35.1 Å². The van der Waals surface area contributed by atoms with Gasteiger partial charge in [0, 0.05) is 6.04 Å². The van der Waals surface area contributed by atoms with Crippen molar-refractivity contribution in [2.24, 2.45) is 5.73 Å². The van der Waals surface area contributed by atoms with Gasteiger partial charge in [-0.15, -0.1) is 0 Å². The van der Waals surface area contributed by atoms with Crippen molar-refractivity contribution in [2.45, 2.75) is 38.3 Å². The smallest absolute Gasteiger partial charge is 0.194 e. The topological polar surface area (TPSA) is 29.3 Å². The molecule has 19 heavy (non-hydrogen) atoms. The van der Waals surface area contributed by atoms with Gasteiger partial charge >= 0.3 is 0 Å². The van der Waals surface area contributed by atoms with Crippen LogP contribution in [0.15, 0.2) is 12.1 Å². The Hall–Kier alpha value is -1.07. The molecule has 2 nitrogen and oxygen atoms in total. The maximum atomic E-state index is 13.4. The summed E-state index contributed by atoms with van der Waals surface area (Å²) in [5, 5.41) is 0. The van der Waals surface area contributed by atoms with E-state index in [0.29, 0.717) is 5.56 Å². The summed E-state index contributed by atoms with van der Waals surface area (Å²) in [6.45, 7) is 3.58. The largest absolute Gasteiger partial charge is 0.326 e. The monoisotopic (exact) mass is 272 g/mol. The molecule has 2 unspecified atom stereocenters. The number of nitrogens with zero attached hydrogens (tertiary/aromatic N) is 1. The Morgan fingerprint density at radius 1 is 1.21 bits per heavy atom. The molecule has 1 heterocycles. The second-order valence-electron chi connectivity index (χ2n) is 5.03. The van der Waals surface area contributed by atoms with Crippen LogP contribution in [0.4, 0.5) is 13.2 Å². The molecule has 1 aliphatic heterocycles. The molecule has 0 bridgehead atoms. The molecule has 2 rings (SSSR count). The summed E-state index contributed by atoms with van der Waals surface area (Å²) in [4.78, 5) is 2.10. The van der Waals surface area contributed by atoms with Crippen LogP contribution in [-0.4, -0.2) is 24.0 Å². The number of halogens is 3. The number of likely N-dealkylation sites (N-methyl/N-ethyl adjacent to an activating group) is 1. The van der Waals surface area contributed by atoms with E-state index in [9.17, 15) is 13.2 Å². The van der Waals surface area contributed by atoms with Crippen LogP contribution in [0.1, 0.15) is 37.8 Å². The minimum absolute atomic E-state index is 0.188. The van der Waals surface area contributed by atoms with Gasteiger partial charge in [-0.1, -0.05) is 13.3 Å². The van der Waals surface area contributed by atoms with Crippen LogP contribution in [0.3, 0.4) is 0 Å². The molecule has 1 saturated heterocycles. The second kappa shape index (κ2) is 5.92. The molecule has 106 valence electrons. The highest BCUT2D eigenvalue weighted by molar-refractivity contribution is 5.24. The van der Waals surface area contributed by atoms with E-state index in [1.165, 1.54) is 0 Å². The number of likely N-dealkylation sites (tertiary alicyclic amines) is 1. The summed E-state index contributed by atoms with van der Waals surface area (Å²) in [5.41, 5.74) is 6.56. The Morgan fingerprint density at radius 2 is 1.84 bits per heavy atom. The van der Waals surface area contributed by atoms with Crippen molar-refractivity contribution in [1.82, 2.24) is 4.90 Å². The molecule has 0 saturated carbocycles. The van der Waals surface area contributed by atoms with Crippen molar-refractivity contribution in [1.29, 1.82) is 0 Å². The Bertz CT molecular complexity index is 427. The summed E-state index contributed by atoms with van der Waals surface area (Å²) in [6.07, 6.45) is 2.83. The first-order valence-electron chi connectivity index (χ1n) is 6.68. The zero-order valence-corrected chi connectivity index (χ0v) is 11.0. The van der Waals surface area contributed by atoms with Gasteiger partial charge in [-0.2, -0.15) is 0 Å². The number of hydrogen-bond acceptors (Lipinski definition) is 2. The van der Waals surface area contributed by atoms with Gasteiger partial charge in [-0.05, 0) is 43.6 Å². The fourth-order valence-corrected chi connectivity index (χ4v) is 2.82. The average Bonchev–Trinajstić information content (AvgIpc) is 2.56. The van der Waals surface area contributed by atoms with Crippen LogP contribution in [0, 0.1) is 17.5 Å². The molecular formula is C14H19F3N2. The van der Waals surface area contributed by atoms with Crippen LogP contribution >= 0.6 is 0 Å². The predicted molar refractivity (Wildman–Crippen MR) is 68.1 cm³/mol. The van der Waals surface area contributed by atoms with Gasteiger partial charge in [0.1, 0.15) is 0 Å². The first kappa shape index (κ1) is 14.3. The van der Waals surface area contributed by atoms with E-state index in [2.05, 4.69) is 4.90 Å². The Morgan fingerprint density at radius 3 is 2.42 bits per heavy atom. The lowest BCUT2D eigenvalue weighted by atomic mass is 9.96. The highest BCUT2D eigenvalue weighted by atomic mass is 19.2. The van der Waals surface area contributed by atoms with E-state index in [1.54, 1.807) is 0 Å². The standard InChI is InChI=1S/C14H19F3N2/c1-2-19-6-4-3-5-12(18)14(19)9-7-10(15)13(17)11(16)8-9/h7-8,12,14H,2-6,18H2,1H3. The second-order valence-corrected chi connectivity index (χ2v) is 5.03. The summed E-state index contributed by atoms with van der Waals surface area (Å²) in [7, 11) is 0. The van der Waals surface area contributed by atoms with Gasteiger partial charge in [0.25, 0.3) is 0 Å². The lowest BCUT2D eigenvalue weighted by molar-refractivity contribution is 0.194. The summed E-state index contributed by atoms with van der Waals surface area (Å²) in [5.74, 6) is -3.72. The molecule has 0 spiro atoms. The minimum atomic E-state index is -1.42. The van der Waals surface area contributed by atoms with E-state index >= 15 is 0 Å². The zero-order valence-electron chi connectivity index (χ0n) is 11.0. The van der Waals surface area contributed by atoms with E-state index in [-0.39, 0.29) is 12.1 Å². The highest BCUT2D eigenvalue weighted by Gasteiger charge is 2.29. The fourth-order valence-electron chi connectivity index (χ4n) is 2.82. The van der Waals surface area contributed by atoms with E-state index < -0.39 is 17.5 Å². The van der Waals surface area contributed by atoms with Crippen molar-refractivity contribution in [2.75, 3.05) is 13.1 Å². The summed E-state index contributed by atoms with van der Waals surface area (Å²) < 4.78 is 39.8. The lowest BCUT2D eigenvalue weighted by Crippen LogP contribution is -2.39. The Labute approximate surface area is 111 Å². The maximum absolute atomic E-state index is 13.4. The molecule has 1 aliphatic rings. The Kier molecular flexibility index (Phi) is 4.47. The third-order valence-electron chi connectivity index (χ3n) is 3.79. The third kappa shape index (κ3) is 2.92. The van der Waals surface area contributed by atoms with E-state index in [0.717, 1.165) is 44.5 Å². The number of hydrogen-bond donors (Lipinski definition) is 1. The van der Waals surface area contributed by atoms with Crippen molar-refractivity contribution in [3.63, 3.8) is 0 Å². The van der Waals surface area contributed by atoms with Crippen LogP contribution in [0.5, 0.6) is 0 Å². The quantitative estimate of drug-likeness (QED) is 0.839. The Balaban J connectivity index is 2.40. The molecule has 0 aliphatic carbocycles. The zero-order chi connectivity index (χ0) is 14.0. The minimum Gasteiger partial charge on any atom is -0.326 e. The lowest BCUT2D eigenvalue weighted by Gasteiger charge is -2.33. The SMILES string of the molecule is CCN1CCCCC(N)C1c1cc(F)c(F)c(F)c1. The number of rotatable bonds is 2. The third-order valence-corrected chi connectivity index (χ3v) is 3.79. The summed E-state index contributed by atoms with van der Waals surface area (Å²) >= 11 is 0. The molecule has 2 N–H and O–H groups in total. The van der Waals surface area contributed by atoms with Crippen LogP contribution < -0.4 is 5.73 Å². The maximum Gasteiger partial charge on any atom is 0.194 e. The molecule has 0 amide bonds. The van der Waals surface area contributed by atoms with Crippen molar-refractivity contribution in [3.8, 4) is 0 Å². The molecular weight excluding hydrogens is 253 g/mol. The van der Waals surface area contributed by atoms with Crippen molar-refractivity contribution >= 4 is 0 Å². The first-order chi connectivity index (χ1) is 9.04. The molecule has 1 fully saturated rings. The van der Waals surface area contributed by atoms with Crippen LogP contribution in [0.2, 0.25) is 0 Å². The molecule has 0 aromatic heterocycles. The molecule has 1 aromatic rings. The number of nitrogens with two attached hydrogens (primary N) is 1. The predicted octanol–water partition coefficient (Wildman–Crippen LogP) is 2.98. The average molecular weight is 272 g/mol. The van der Waals surface area contributed by atoms with Gasteiger partial charge in [-0.3, -0.25) is 4.90 Å². The van der Waals surface area contributed by atoms with Gasteiger partial charge in [0.05, 0.1) is 6.04 Å². The van der Waals surface area contributed by atoms with Crippen molar-refractivity contribution < 1.29 is 13.2 Å². The molecule has 5 heteroatoms. The van der Waals surface area contributed by atoms with Gasteiger partial charge in [0.2, 0.25) is 0 Å². The van der Waals surface area contributed by atoms with E-state index in [1.807, 2.05) is 6.92 Å². The number of benzene rings is 1. The fraction of sp³-hybridized carbons (Fsp3) is 0.571. The van der Waals surface area contributed by atoms with Crippen LogP contribution in [0.25, 0.3) is 0 Å². The molecule has 2 atom stereocenters. The van der Waals surface area contributed by atoms with Gasteiger partial charge in [-0.25, -0.2) is 13.2 Å². The molecule has 0 radical (unpaired) electrons.